The average Bonchev–Trinajstić information content (AvgIpc) is 2.64. The number of aromatic nitrogens is 1. The van der Waals surface area contributed by atoms with Crippen molar-refractivity contribution in [3.8, 4) is 0 Å². The number of nitrogens with zero attached hydrogens (tertiary/aromatic N) is 1. The van der Waals surface area contributed by atoms with Gasteiger partial charge in [-0.25, -0.2) is 4.79 Å². The highest BCUT2D eigenvalue weighted by Crippen LogP contribution is 2.11. The smallest absolute Gasteiger partial charge is 0.420 e. The Bertz CT molecular complexity index is 655. The number of esters is 1. The van der Waals surface area contributed by atoms with Crippen LogP contribution in [-0.2, 0) is 20.9 Å². The van der Waals surface area contributed by atoms with Crippen molar-refractivity contribution in [2.75, 3.05) is 6.61 Å². The summed E-state index contributed by atoms with van der Waals surface area (Å²) < 4.78 is 10.6. The number of fused-ring (bicyclic) bond motifs is 1. The van der Waals surface area contributed by atoms with E-state index < -0.39 is 24.2 Å². The average molecular weight is 250 g/mol. The molecule has 0 spiro atoms. The first-order chi connectivity index (χ1) is 8.58. The molecule has 1 aromatic carbocycles. The maximum Gasteiger partial charge on any atom is 0.420 e. The molecule has 1 heterocycles. The number of hydrogen-bond donors (Lipinski definition) is 1. The van der Waals surface area contributed by atoms with Crippen LogP contribution >= 0.6 is 0 Å². The molecule has 0 aliphatic carbocycles. The molecule has 7 heteroatoms. The molecule has 0 unspecified atom stereocenters. The summed E-state index contributed by atoms with van der Waals surface area (Å²) in [5.74, 6) is -2.15. The van der Waals surface area contributed by atoms with Crippen molar-refractivity contribution in [1.29, 1.82) is 0 Å². The molecular formula is C11H10N2O5. The Labute approximate surface area is 101 Å². The first-order valence-corrected chi connectivity index (χ1v) is 5.10. The third-order valence-corrected chi connectivity index (χ3v) is 2.24. The van der Waals surface area contributed by atoms with E-state index in [9.17, 15) is 14.4 Å². The fraction of sp³-hybridized carbons (Fsp3) is 0.182. The topological polar surface area (TPSA) is 105 Å². The van der Waals surface area contributed by atoms with Crippen molar-refractivity contribution in [2.24, 2.45) is 5.73 Å². The molecule has 0 bridgehead atoms. The van der Waals surface area contributed by atoms with Gasteiger partial charge in [-0.1, -0.05) is 12.1 Å². The summed E-state index contributed by atoms with van der Waals surface area (Å²) in [4.78, 5) is 33.3. The molecule has 2 rings (SSSR count). The van der Waals surface area contributed by atoms with Gasteiger partial charge in [0.1, 0.15) is 6.54 Å². The zero-order chi connectivity index (χ0) is 13.1. The minimum Gasteiger partial charge on any atom is -0.454 e. The van der Waals surface area contributed by atoms with Gasteiger partial charge in [-0.3, -0.25) is 14.2 Å². The molecule has 0 aliphatic heterocycles. The van der Waals surface area contributed by atoms with Gasteiger partial charge in [0, 0.05) is 0 Å². The van der Waals surface area contributed by atoms with Gasteiger partial charge in [-0.15, -0.1) is 0 Å². The number of oxazole rings is 1. The lowest BCUT2D eigenvalue weighted by atomic mass is 10.3. The molecule has 0 saturated heterocycles. The lowest BCUT2D eigenvalue weighted by Crippen LogP contribution is -2.25. The molecule has 7 nitrogen and oxygen atoms in total. The van der Waals surface area contributed by atoms with Crippen molar-refractivity contribution in [1.82, 2.24) is 4.57 Å². The Balaban J connectivity index is 2.21. The Kier molecular flexibility index (Phi) is 3.13. The summed E-state index contributed by atoms with van der Waals surface area (Å²) >= 11 is 0. The number of nitrogens with two attached hydrogens (primary N) is 1. The van der Waals surface area contributed by atoms with E-state index in [0.29, 0.717) is 11.1 Å². The van der Waals surface area contributed by atoms with E-state index >= 15 is 0 Å². The normalized spacial score (nSPS) is 10.4. The van der Waals surface area contributed by atoms with Gasteiger partial charge in [-0.05, 0) is 12.1 Å². The molecule has 1 amide bonds. The first kappa shape index (κ1) is 11.9. The molecule has 0 aliphatic rings. The molecule has 18 heavy (non-hydrogen) atoms. The number of primary amides is 1. The summed E-state index contributed by atoms with van der Waals surface area (Å²) in [6.07, 6.45) is 0. The van der Waals surface area contributed by atoms with Crippen LogP contribution < -0.4 is 11.5 Å². The minimum absolute atomic E-state index is 0.330. The third kappa shape index (κ3) is 2.40. The molecule has 0 fully saturated rings. The van der Waals surface area contributed by atoms with E-state index in [-0.39, 0.29) is 6.54 Å². The highest BCUT2D eigenvalue weighted by Gasteiger charge is 2.13. The maximum atomic E-state index is 11.5. The number of ether oxygens (including phenoxy) is 1. The van der Waals surface area contributed by atoms with Gasteiger partial charge < -0.3 is 14.9 Å². The molecule has 2 aromatic rings. The van der Waals surface area contributed by atoms with Crippen LogP contribution in [0.2, 0.25) is 0 Å². The fourth-order valence-electron chi connectivity index (χ4n) is 1.49. The van der Waals surface area contributed by atoms with E-state index in [4.69, 9.17) is 10.2 Å². The highest BCUT2D eigenvalue weighted by atomic mass is 16.5. The lowest BCUT2D eigenvalue weighted by Gasteiger charge is -2.02. The van der Waals surface area contributed by atoms with Crippen molar-refractivity contribution in [3.63, 3.8) is 0 Å². The number of carbonyl (C=O) groups is 2. The number of carbonyl (C=O) groups excluding carboxylic acids is 2. The lowest BCUT2D eigenvalue weighted by molar-refractivity contribution is -0.148. The van der Waals surface area contributed by atoms with Gasteiger partial charge in [0.15, 0.2) is 12.2 Å². The van der Waals surface area contributed by atoms with E-state index in [1.807, 2.05) is 0 Å². The SMILES string of the molecule is NC(=O)COC(=O)Cn1c(=O)oc2ccccc21. The van der Waals surface area contributed by atoms with Crippen LogP contribution in [0.15, 0.2) is 33.5 Å². The Morgan fingerprint density at radius 2 is 2.06 bits per heavy atom. The van der Waals surface area contributed by atoms with Crippen molar-refractivity contribution >= 4 is 23.0 Å². The van der Waals surface area contributed by atoms with Crippen LogP contribution in [0.4, 0.5) is 0 Å². The number of amides is 1. The molecule has 0 atom stereocenters. The van der Waals surface area contributed by atoms with Crippen LogP contribution in [0.5, 0.6) is 0 Å². The maximum absolute atomic E-state index is 11.5. The second kappa shape index (κ2) is 4.74. The zero-order valence-corrected chi connectivity index (χ0v) is 9.29. The Morgan fingerprint density at radius 1 is 1.33 bits per heavy atom. The van der Waals surface area contributed by atoms with E-state index in [1.54, 1.807) is 24.3 Å². The fourth-order valence-corrected chi connectivity index (χ4v) is 1.49. The zero-order valence-electron chi connectivity index (χ0n) is 9.29. The summed E-state index contributed by atoms with van der Waals surface area (Å²) in [5, 5.41) is 0. The molecule has 0 saturated carbocycles. The van der Waals surface area contributed by atoms with E-state index in [2.05, 4.69) is 4.74 Å². The predicted octanol–water partition coefficient (Wildman–Crippen LogP) is -0.377. The van der Waals surface area contributed by atoms with Crippen molar-refractivity contribution < 1.29 is 18.7 Å². The second-order valence-corrected chi connectivity index (χ2v) is 3.55. The molecule has 0 radical (unpaired) electrons. The second-order valence-electron chi connectivity index (χ2n) is 3.55. The van der Waals surface area contributed by atoms with E-state index in [1.165, 1.54) is 0 Å². The summed E-state index contributed by atoms with van der Waals surface area (Å²) in [6, 6.07) is 6.67. The highest BCUT2D eigenvalue weighted by molar-refractivity contribution is 5.80. The Morgan fingerprint density at radius 3 is 2.78 bits per heavy atom. The van der Waals surface area contributed by atoms with Crippen molar-refractivity contribution in [3.05, 3.63) is 34.8 Å². The Hall–Kier alpha value is -2.57. The monoisotopic (exact) mass is 250 g/mol. The third-order valence-electron chi connectivity index (χ3n) is 2.24. The summed E-state index contributed by atoms with van der Waals surface area (Å²) in [6.45, 7) is -0.841. The van der Waals surface area contributed by atoms with Crippen LogP contribution in [0.3, 0.4) is 0 Å². The number of hydrogen-bond acceptors (Lipinski definition) is 5. The van der Waals surface area contributed by atoms with Gasteiger partial charge in [0.2, 0.25) is 0 Å². The first-order valence-electron chi connectivity index (χ1n) is 5.10. The number of para-hydroxylation sites is 2. The minimum atomic E-state index is -0.757. The van der Waals surface area contributed by atoms with Crippen LogP contribution in [0.1, 0.15) is 0 Å². The van der Waals surface area contributed by atoms with Crippen LogP contribution in [0.25, 0.3) is 11.1 Å². The van der Waals surface area contributed by atoms with Crippen molar-refractivity contribution in [2.45, 2.75) is 6.54 Å². The van der Waals surface area contributed by atoms with Gasteiger partial charge in [0.25, 0.3) is 5.91 Å². The van der Waals surface area contributed by atoms with Crippen LogP contribution in [0, 0.1) is 0 Å². The van der Waals surface area contributed by atoms with Gasteiger partial charge in [0.05, 0.1) is 5.52 Å². The quantitative estimate of drug-likeness (QED) is 0.745. The van der Waals surface area contributed by atoms with Gasteiger partial charge >= 0.3 is 11.7 Å². The molecule has 1 aromatic heterocycles. The van der Waals surface area contributed by atoms with E-state index in [0.717, 1.165) is 4.57 Å². The number of rotatable bonds is 4. The molecule has 2 N–H and O–H groups in total. The number of benzene rings is 1. The summed E-state index contributed by atoms with van der Waals surface area (Å²) in [7, 11) is 0. The van der Waals surface area contributed by atoms with Gasteiger partial charge in [-0.2, -0.15) is 0 Å². The molecule has 94 valence electrons. The predicted molar refractivity (Wildman–Crippen MR) is 60.6 cm³/mol. The largest absolute Gasteiger partial charge is 0.454 e. The van der Waals surface area contributed by atoms with Crippen LogP contribution in [-0.4, -0.2) is 23.1 Å². The summed E-state index contributed by atoms with van der Waals surface area (Å²) in [5.41, 5.74) is 5.70. The molecular weight excluding hydrogens is 240 g/mol. The standard InChI is InChI=1S/C11H10N2O5/c12-9(14)6-17-10(15)5-13-7-3-1-2-4-8(7)18-11(13)16/h1-4H,5-6H2,(H2,12,14).